The minimum atomic E-state index is -4.53. The van der Waals surface area contributed by atoms with Crippen LogP contribution in [0, 0.1) is 11.2 Å². The summed E-state index contributed by atoms with van der Waals surface area (Å²) in [5.41, 5.74) is -2.40. The third kappa shape index (κ3) is 3.60. The zero-order valence-corrected chi connectivity index (χ0v) is 15.8. The summed E-state index contributed by atoms with van der Waals surface area (Å²) >= 11 is 0. The van der Waals surface area contributed by atoms with Gasteiger partial charge in [0.1, 0.15) is 17.8 Å². The van der Waals surface area contributed by atoms with Crippen LogP contribution in [0.5, 0.6) is 0 Å². The van der Waals surface area contributed by atoms with Gasteiger partial charge in [0.2, 0.25) is 5.91 Å². The number of morpholine rings is 1. The van der Waals surface area contributed by atoms with Gasteiger partial charge >= 0.3 is 6.18 Å². The Hall–Kier alpha value is -2.16. The minimum Gasteiger partial charge on any atom is -0.363 e. The predicted molar refractivity (Wildman–Crippen MR) is 95.6 cm³/mol. The minimum absolute atomic E-state index is 0.152. The number of anilines is 1. The van der Waals surface area contributed by atoms with Gasteiger partial charge in [-0.2, -0.15) is 13.2 Å². The maximum absolute atomic E-state index is 13.3. The van der Waals surface area contributed by atoms with Gasteiger partial charge in [-0.1, -0.05) is 0 Å². The number of hydrogen-bond acceptors (Lipinski definition) is 3. The summed E-state index contributed by atoms with van der Waals surface area (Å²) in [6, 6.07) is 5.56. The summed E-state index contributed by atoms with van der Waals surface area (Å²) in [7, 11) is 0. The van der Waals surface area contributed by atoms with Gasteiger partial charge in [0, 0.05) is 18.8 Å². The van der Waals surface area contributed by atoms with Crippen molar-refractivity contribution in [3.63, 3.8) is 0 Å². The fourth-order valence-electron chi connectivity index (χ4n) is 4.29. The van der Waals surface area contributed by atoms with Gasteiger partial charge in [-0.05, 0) is 56.4 Å². The van der Waals surface area contributed by atoms with E-state index in [0.29, 0.717) is 24.9 Å². The van der Waals surface area contributed by atoms with Crippen molar-refractivity contribution in [3.05, 3.63) is 30.1 Å². The molecule has 1 spiro atoms. The first-order chi connectivity index (χ1) is 13.7. The molecule has 3 fully saturated rings. The molecule has 1 atom stereocenters. The molecule has 0 aromatic heterocycles. The van der Waals surface area contributed by atoms with E-state index in [-0.39, 0.29) is 45.0 Å². The van der Waals surface area contributed by atoms with Crippen LogP contribution < -0.4 is 4.90 Å². The fraction of sp³-hybridized carbons (Fsp3) is 0.600. The number of hydrogen-bond donors (Lipinski definition) is 0. The molecule has 2 heterocycles. The van der Waals surface area contributed by atoms with Crippen molar-refractivity contribution in [2.75, 3.05) is 31.1 Å². The molecule has 29 heavy (non-hydrogen) atoms. The average Bonchev–Trinajstić information content (AvgIpc) is 3.50. The van der Waals surface area contributed by atoms with E-state index in [1.807, 2.05) is 0 Å². The maximum atomic E-state index is 13.3. The Morgan fingerprint density at radius 1 is 1.03 bits per heavy atom. The van der Waals surface area contributed by atoms with E-state index in [4.69, 9.17) is 4.74 Å². The van der Waals surface area contributed by atoms with Crippen LogP contribution in [-0.4, -0.2) is 54.7 Å². The summed E-state index contributed by atoms with van der Waals surface area (Å²) in [6.07, 6.45) is -3.47. The molecule has 0 N–H and O–H groups in total. The van der Waals surface area contributed by atoms with E-state index >= 15 is 0 Å². The molecule has 0 bridgehead atoms. The van der Waals surface area contributed by atoms with Crippen LogP contribution >= 0.6 is 0 Å². The van der Waals surface area contributed by atoms with Crippen molar-refractivity contribution in [2.24, 2.45) is 5.41 Å². The van der Waals surface area contributed by atoms with Gasteiger partial charge in [0.15, 0.2) is 0 Å². The van der Waals surface area contributed by atoms with Gasteiger partial charge < -0.3 is 14.5 Å². The Balaban J connectivity index is 1.48. The van der Waals surface area contributed by atoms with Gasteiger partial charge in [-0.25, -0.2) is 4.39 Å². The quantitative estimate of drug-likeness (QED) is 0.698. The highest BCUT2D eigenvalue weighted by Gasteiger charge is 2.69. The van der Waals surface area contributed by atoms with Crippen molar-refractivity contribution in [1.82, 2.24) is 4.90 Å². The topological polar surface area (TPSA) is 49.9 Å². The largest absolute Gasteiger partial charge is 0.403 e. The van der Waals surface area contributed by atoms with E-state index in [0.717, 1.165) is 0 Å². The molecule has 1 aromatic rings. The zero-order valence-electron chi connectivity index (χ0n) is 15.8. The van der Waals surface area contributed by atoms with Crippen LogP contribution in [0.25, 0.3) is 0 Å². The monoisotopic (exact) mass is 414 g/mol. The van der Waals surface area contributed by atoms with Gasteiger partial charge in [0.25, 0.3) is 5.91 Å². The smallest absolute Gasteiger partial charge is 0.363 e. The van der Waals surface area contributed by atoms with Crippen LogP contribution in [0.15, 0.2) is 24.3 Å². The summed E-state index contributed by atoms with van der Waals surface area (Å²) in [5.74, 6) is -1.51. The SMILES string of the molecule is O=C1COC2(CCCN(C(=O)C3(C(F)(F)F)CC3)CC2)CN1c1ccc(F)cc1. The number of carbonyl (C=O) groups excluding carboxylic acids is 2. The number of carbonyl (C=O) groups is 2. The predicted octanol–water partition coefficient (Wildman–Crippen LogP) is 3.28. The van der Waals surface area contributed by atoms with Gasteiger partial charge in [-0.3, -0.25) is 9.59 Å². The molecule has 5 nitrogen and oxygen atoms in total. The second-order valence-corrected chi connectivity index (χ2v) is 8.15. The molecule has 4 rings (SSSR count). The van der Waals surface area contributed by atoms with Crippen molar-refractivity contribution in [2.45, 2.75) is 43.9 Å². The van der Waals surface area contributed by atoms with Crippen molar-refractivity contribution >= 4 is 17.5 Å². The molecule has 9 heteroatoms. The average molecular weight is 414 g/mol. The second kappa shape index (κ2) is 6.97. The van der Waals surface area contributed by atoms with Crippen LogP contribution in [0.1, 0.15) is 32.1 Å². The Morgan fingerprint density at radius 3 is 2.34 bits per heavy atom. The first-order valence-electron chi connectivity index (χ1n) is 9.72. The highest BCUT2D eigenvalue weighted by atomic mass is 19.4. The van der Waals surface area contributed by atoms with Crippen LogP contribution in [0.3, 0.4) is 0 Å². The number of benzene rings is 1. The highest BCUT2D eigenvalue weighted by Crippen LogP contribution is 2.58. The number of amides is 2. The molecule has 1 aliphatic carbocycles. The highest BCUT2D eigenvalue weighted by molar-refractivity contribution is 5.95. The Morgan fingerprint density at radius 2 is 1.72 bits per heavy atom. The van der Waals surface area contributed by atoms with Gasteiger partial charge in [-0.15, -0.1) is 0 Å². The van der Waals surface area contributed by atoms with E-state index in [1.54, 1.807) is 0 Å². The number of alkyl halides is 3. The lowest BCUT2D eigenvalue weighted by Gasteiger charge is -2.42. The Kier molecular flexibility index (Phi) is 4.83. The number of ether oxygens (including phenoxy) is 1. The third-order valence-electron chi connectivity index (χ3n) is 6.27. The van der Waals surface area contributed by atoms with Gasteiger partial charge in [0.05, 0.1) is 12.1 Å². The maximum Gasteiger partial charge on any atom is 0.403 e. The summed E-state index contributed by atoms with van der Waals surface area (Å²) in [6.45, 7) is 0.468. The van der Waals surface area contributed by atoms with Crippen LogP contribution in [0.2, 0.25) is 0 Å². The molecule has 1 aromatic carbocycles. The zero-order chi connectivity index (χ0) is 20.9. The molecule has 1 unspecified atom stereocenters. The van der Waals surface area contributed by atoms with Crippen molar-refractivity contribution < 1.29 is 31.9 Å². The molecule has 2 aliphatic heterocycles. The van der Waals surface area contributed by atoms with E-state index < -0.39 is 28.9 Å². The lowest BCUT2D eigenvalue weighted by Crippen LogP contribution is -2.55. The molecular weight excluding hydrogens is 392 g/mol. The number of likely N-dealkylation sites (tertiary alicyclic amines) is 1. The molecule has 158 valence electrons. The van der Waals surface area contributed by atoms with Crippen molar-refractivity contribution in [3.8, 4) is 0 Å². The summed E-state index contributed by atoms with van der Waals surface area (Å²) in [5, 5.41) is 0. The van der Waals surface area contributed by atoms with E-state index in [2.05, 4.69) is 0 Å². The standard InChI is InChI=1S/C20H22F4N2O3/c21-14-2-4-15(5-3-14)26-13-18(29-12-16(26)27)6-1-10-25(11-9-18)17(28)19(7-8-19)20(22,23)24/h2-5H,1,6-13H2. The molecule has 1 saturated carbocycles. The number of nitrogens with zero attached hydrogens (tertiary/aromatic N) is 2. The Labute approximate surface area is 165 Å². The third-order valence-corrected chi connectivity index (χ3v) is 6.27. The molecule has 0 radical (unpaired) electrons. The molecule has 2 amide bonds. The second-order valence-electron chi connectivity index (χ2n) is 8.15. The molecule has 2 saturated heterocycles. The van der Waals surface area contributed by atoms with Crippen molar-refractivity contribution in [1.29, 1.82) is 0 Å². The van der Waals surface area contributed by atoms with E-state index in [1.165, 1.54) is 34.1 Å². The normalized spacial score (nSPS) is 27.1. The molecule has 3 aliphatic rings. The van der Waals surface area contributed by atoms with Crippen LogP contribution in [-0.2, 0) is 14.3 Å². The number of halogens is 4. The lowest BCUT2D eigenvalue weighted by atomic mass is 9.92. The Bertz CT molecular complexity index is 807. The fourth-order valence-corrected chi connectivity index (χ4v) is 4.29. The lowest BCUT2D eigenvalue weighted by molar-refractivity contribution is -0.198. The first kappa shape index (κ1) is 20.1. The van der Waals surface area contributed by atoms with E-state index in [9.17, 15) is 27.2 Å². The molecular formula is C20H22F4N2O3. The van der Waals surface area contributed by atoms with Crippen LogP contribution in [0.4, 0.5) is 23.2 Å². The summed E-state index contributed by atoms with van der Waals surface area (Å²) in [4.78, 5) is 27.7. The summed E-state index contributed by atoms with van der Waals surface area (Å²) < 4.78 is 59.0. The first-order valence-corrected chi connectivity index (χ1v) is 9.72. The number of rotatable bonds is 2.